The zero-order chi connectivity index (χ0) is 15.6. The van der Waals surface area contributed by atoms with E-state index in [4.69, 9.17) is 0 Å². The van der Waals surface area contributed by atoms with E-state index in [-0.39, 0.29) is 17.6 Å². The average Bonchev–Trinajstić information content (AvgIpc) is 2.99. The average molecular weight is 319 g/mol. The fourth-order valence-corrected chi connectivity index (χ4v) is 4.76. The van der Waals surface area contributed by atoms with Crippen LogP contribution in [0.3, 0.4) is 0 Å². The van der Waals surface area contributed by atoms with Crippen LogP contribution in [0.25, 0.3) is 0 Å². The van der Waals surface area contributed by atoms with Crippen molar-refractivity contribution in [3.05, 3.63) is 71.5 Å². The molecule has 1 aliphatic rings. The number of nitrogens with zero attached hydrogens (tertiary/aromatic N) is 1. The summed E-state index contributed by atoms with van der Waals surface area (Å²) in [5.41, 5.74) is 1.64. The molecule has 0 spiro atoms. The number of benzene rings is 2. The summed E-state index contributed by atoms with van der Waals surface area (Å²) in [6.45, 7) is 0.525. The number of hydrogen-bond acceptors (Lipinski definition) is 2. The van der Waals surface area contributed by atoms with Gasteiger partial charge in [0.05, 0.1) is 5.75 Å². The Morgan fingerprint density at radius 2 is 1.73 bits per heavy atom. The van der Waals surface area contributed by atoms with Gasteiger partial charge in [0.15, 0.2) is 0 Å². The quantitative estimate of drug-likeness (QED) is 0.865. The fraction of sp³-hybridized carbons (Fsp3) is 0.294. The number of halogens is 1. The van der Waals surface area contributed by atoms with Crippen LogP contribution >= 0.6 is 0 Å². The van der Waals surface area contributed by atoms with Gasteiger partial charge in [-0.25, -0.2) is 12.8 Å². The van der Waals surface area contributed by atoms with Gasteiger partial charge in [0.2, 0.25) is 10.0 Å². The topological polar surface area (TPSA) is 37.4 Å². The van der Waals surface area contributed by atoms with Crippen molar-refractivity contribution in [3.8, 4) is 0 Å². The first-order chi connectivity index (χ1) is 10.6. The molecule has 3 rings (SSSR count). The first-order valence-corrected chi connectivity index (χ1v) is 8.96. The molecule has 22 heavy (non-hydrogen) atoms. The second-order valence-electron chi connectivity index (χ2n) is 5.56. The van der Waals surface area contributed by atoms with Crippen molar-refractivity contribution in [2.24, 2.45) is 0 Å². The van der Waals surface area contributed by atoms with Crippen molar-refractivity contribution in [3.63, 3.8) is 0 Å². The minimum Gasteiger partial charge on any atom is -0.212 e. The Morgan fingerprint density at radius 1 is 1.05 bits per heavy atom. The van der Waals surface area contributed by atoms with Crippen LogP contribution in [0.4, 0.5) is 4.39 Å². The lowest BCUT2D eigenvalue weighted by Crippen LogP contribution is -2.31. The third kappa shape index (κ3) is 3.20. The summed E-state index contributed by atoms with van der Waals surface area (Å²) >= 11 is 0. The minimum atomic E-state index is -3.38. The van der Waals surface area contributed by atoms with Crippen LogP contribution in [0.2, 0.25) is 0 Å². The van der Waals surface area contributed by atoms with Gasteiger partial charge in [-0.1, -0.05) is 42.5 Å². The van der Waals surface area contributed by atoms with E-state index in [0.29, 0.717) is 6.54 Å². The zero-order valence-electron chi connectivity index (χ0n) is 12.2. The largest absolute Gasteiger partial charge is 0.218 e. The monoisotopic (exact) mass is 319 g/mol. The molecule has 0 saturated carbocycles. The highest BCUT2D eigenvalue weighted by molar-refractivity contribution is 7.88. The minimum absolute atomic E-state index is 0.00549. The van der Waals surface area contributed by atoms with E-state index in [1.807, 2.05) is 30.3 Å². The van der Waals surface area contributed by atoms with Crippen molar-refractivity contribution in [1.29, 1.82) is 0 Å². The third-order valence-electron chi connectivity index (χ3n) is 4.01. The molecule has 0 bridgehead atoms. The highest BCUT2D eigenvalue weighted by Crippen LogP contribution is 2.35. The molecule has 0 N–H and O–H groups in total. The van der Waals surface area contributed by atoms with Gasteiger partial charge in [0.25, 0.3) is 0 Å². The van der Waals surface area contributed by atoms with Crippen molar-refractivity contribution in [2.45, 2.75) is 24.6 Å². The highest BCUT2D eigenvalue weighted by atomic mass is 32.2. The fourth-order valence-electron chi connectivity index (χ4n) is 2.96. The molecule has 1 heterocycles. The van der Waals surface area contributed by atoms with Gasteiger partial charge >= 0.3 is 0 Å². The molecule has 1 aliphatic heterocycles. The van der Waals surface area contributed by atoms with Crippen molar-refractivity contribution >= 4 is 10.0 Å². The summed E-state index contributed by atoms with van der Waals surface area (Å²) in [6, 6.07) is 15.1. The molecule has 2 aromatic rings. The molecule has 5 heteroatoms. The SMILES string of the molecule is O=S(=O)(Cc1ccccc1)N1CCC[C@H]1c1ccc(F)cc1. The summed E-state index contributed by atoms with van der Waals surface area (Å²) in [5, 5.41) is 0. The Morgan fingerprint density at radius 3 is 2.41 bits per heavy atom. The lowest BCUT2D eigenvalue weighted by Gasteiger charge is -2.24. The van der Waals surface area contributed by atoms with Gasteiger partial charge in [-0.3, -0.25) is 0 Å². The molecule has 2 aromatic carbocycles. The maximum absolute atomic E-state index is 13.1. The molecule has 3 nitrogen and oxygen atoms in total. The molecule has 0 aromatic heterocycles. The molecule has 0 unspecified atom stereocenters. The maximum atomic E-state index is 13.1. The van der Waals surface area contributed by atoms with Gasteiger partial charge in [0, 0.05) is 12.6 Å². The molecule has 1 atom stereocenters. The summed E-state index contributed by atoms with van der Waals surface area (Å²) in [6.07, 6.45) is 1.61. The van der Waals surface area contributed by atoms with Crippen molar-refractivity contribution in [2.75, 3.05) is 6.54 Å². The molecule has 116 valence electrons. The standard InChI is InChI=1S/C17H18FNO2S/c18-16-10-8-15(9-11-16)17-7-4-12-19(17)22(20,21)13-14-5-2-1-3-6-14/h1-3,5-6,8-11,17H,4,7,12-13H2/t17-/m0/s1. The summed E-state index contributed by atoms with van der Waals surface area (Å²) in [5.74, 6) is -0.300. The Hall–Kier alpha value is -1.72. The first kappa shape index (κ1) is 15.2. The molecule has 1 saturated heterocycles. The number of hydrogen-bond donors (Lipinski definition) is 0. The van der Waals surface area contributed by atoms with Crippen molar-refractivity contribution in [1.82, 2.24) is 4.31 Å². The van der Waals surface area contributed by atoms with E-state index < -0.39 is 10.0 Å². The lowest BCUT2D eigenvalue weighted by atomic mass is 10.1. The van der Waals surface area contributed by atoms with Crippen LogP contribution in [-0.4, -0.2) is 19.3 Å². The van der Waals surface area contributed by atoms with E-state index in [1.165, 1.54) is 12.1 Å². The first-order valence-electron chi connectivity index (χ1n) is 7.35. The second kappa shape index (κ2) is 6.18. The van der Waals surface area contributed by atoms with E-state index in [9.17, 15) is 12.8 Å². The van der Waals surface area contributed by atoms with E-state index in [0.717, 1.165) is 24.0 Å². The smallest absolute Gasteiger partial charge is 0.212 e. The Bertz CT molecular complexity index is 729. The van der Waals surface area contributed by atoms with Gasteiger partial charge < -0.3 is 0 Å². The van der Waals surface area contributed by atoms with E-state index >= 15 is 0 Å². The van der Waals surface area contributed by atoms with Crippen LogP contribution < -0.4 is 0 Å². The van der Waals surface area contributed by atoms with Crippen LogP contribution in [0.1, 0.15) is 30.0 Å². The molecule has 0 aliphatic carbocycles. The molecule has 0 amide bonds. The summed E-state index contributed by atoms with van der Waals surface area (Å²) < 4.78 is 40.0. The predicted octanol–water partition coefficient (Wildman–Crippen LogP) is 3.49. The Kier molecular flexibility index (Phi) is 4.27. The van der Waals surface area contributed by atoms with Gasteiger partial charge in [0.1, 0.15) is 5.82 Å². The van der Waals surface area contributed by atoms with Gasteiger partial charge in [-0.15, -0.1) is 0 Å². The Balaban J connectivity index is 1.84. The molecular formula is C17H18FNO2S. The number of rotatable bonds is 4. The van der Waals surface area contributed by atoms with Crippen LogP contribution in [0.5, 0.6) is 0 Å². The normalized spacial score (nSPS) is 19.4. The summed E-state index contributed by atoms with van der Waals surface area (Å²) in [7, 11) is -3.38. The zero-order valence-corrected chi connectivity index (χ0v) is 13.0. The second-order valence-corrected chi connectivity index (χ2v) is 7.48. The van der Waals surface area contributed by atoms with Crippen LogP contribution in [-0.2, 0) is 15.8 Å². The number of sulfonamides is 1. The summed E-state index contributed by atoms with van der Waals surface area (Å²) in [4.78, 5) is 0. The lowest BCUT2D eigenvalue weighted by molar-refractivity contribution is 0.396. The van der Waals surface area contributed by atoms with Crippen molar-refractivity contribution < 1.29 is 12.8 Å². The predicted molar refractivity (Wildman–Crippen MR) is 84.1 cm³/mol. The molecular weight excluding hydrogens is 301 g/mol. The maximum Gasteiger partial charge on any atom is 0.218 e. The van der Waals surface area contributed by atoms with Gasteiger partial charge in [-0.2, -0.15) is 4.31 Å². The molecule has 0 radical (unpaired) electrons. The Labute approximate surface area is 130 Å². The van der Waals surface area contributed by atoms with Crippen LogP contribution in [0, 0.1) is 5.82 Å². The van der Waals surface area contributed by atoms with Crippen LogP contribution in [0.15, 0.2) is 54.6 Å². The van der Waals surface area contributed by atoms with E-state index in [2.05, 4.69) is 0 Å². The third-order valence-corrected chi connectivity index (χ3v) is 5.86. The van der Waals surface area contributed by atoms with E-state index in [1.54, 1.807) is 16.4 Å². The highest BCUT2D eigenvalue weighted by Gasteiger charge is 2.34. The molecule has 1 fully saturated rings. The van der Waals surface area contributed by atoms with Gasteiger partial charge in [-0.05, 0) is 36.1 Å².